The first-order chi connectivity index (χ1) is 27.6. The largest absolute Gasteiger partial charge is 1.00 e. The van der Waals surface area contributed by atoms with Crippen LogP contribution in [0.2, 0.25) is 0 Å². The van der Waals surface area contributed by atoms with Gasteiger partial charge in [0.25, 0.3) is 6.47 Å². The third-order valence-corrected chi connectivity index (χ3v) is 10.6. The minimum Gasteiger partial charge on any atom is -1.00 e. The number of carboxylic acids is 2. The average molecular weight is 847 g/mol. The number of rotatable bonds is 7. The number of hydrogen-bond donors (Lipinski definition) is 3. The molecule has 0 spiro atoms. The third-order valence-electron chi connectivity index (χ3n) is 10.5. The molecule has 0 saturated carbocycles. The Morgan fingerprint density at radius 2 is 1.00 bits per heavy atom. The van der Waals surface area contributed by atoms with Crippen molar-refractivity contribution in [2.45, 2.75) is 37.5 Å². The van der Waals surface area contributed by atoms with E-state index in [0.29, 0.717) is 32.5 Å². The molecule has 2 aliphatic carbocycles. The van der Waals surface area contributed by atoms with Crippen molar-refractivity contribution in [2.24, 2.45) is 11.8 Å². The van der Waals surface area contributed by atoms with Crippen LogP contribution in [-0.2, 0) is 28.7 Å². The number of aliphatic carboxylic acids is 2. The molecular formula is C43H45ClN2Na2O11. The van der Waals surface area contributed by atoms with Crippen molar-refractivity contribution < 1.29 is 114 Å². The van der Waals surface area contributed by atoms with E-state index in [1.165, 1.54) is 44.5 Å². The molecule has 2 fully saturated rings. The molecule has 16 heteroatoms. The Morgan fingerprint density at radius 3 is 1.32 bits per heavy atom. The SMILES string of the molecule is O=C(Cl)OCC1c2ccccc2-c2ccccc21.O=C(O)C1CCN(C(=O)OCC2c3ccccc3-c3ccccc32)CC1.O=C(O)C1CCNCC1.O=CO[O-].[H-].[Na+].[Na+]. The molecule has 0 unspecified atom stereocenters. The van der Waals surface area contributed by atoms with Gasteiger partial charge in [-0.2, -0.15) is 0 Å². The molecule has 4 aliphatic rings. The van der Waals surface area contributed by atoms with Gasteiger partial charge < -0.3 is 41.5 Å². The number of halogens is 1. The maximum Gasteiger partial charge on any atom is 1.00 e. The molecule has 0 aromatic heterocycles. The summed E-state index contributed by atoms with van der Waals surface area (Å²) in [5, 5.41) is 29.1. The number of benzene rings is 4. The predicted molar refractivity (Wildman–Crippen MR) is 209 cm³/mol. The van der Waals surface area contributed by atoms with E-state index >= 15 is 0 Å². The van der Waals surface area contributed by atoms with Crippen LogP contribution in [0.5, 0.6) is 0 Å². The molecule has 2 aliphatic heterocycles. The van der Waals surface area contributed by atoms with E-state index in [4.69, 9.17) is 41.3 Å². The number of nitrogens with one attached hydrogen (secondary N) is 1. The van der Waals surface area contributed by atoms with Gasteiger partial charge in [-0.05, 0) is 83.3 Å². The number of likely N-dealkylation sites (tertiary alicyclic amines) is 1. The van der Waals surface area contributed by atoms with Gasteiger partial charge in [-0.15, -0.1) is 0 Å². The zero-order valence-corrected chi connectivity index (χ0v) is 37.8. The van der Waals surface area contributed by atoms with Gasteiger partial charge in [0.15, 0.2) is 0 Å². The molecule has 0 atom stereocenters. The van der Waals surface area contributed by atoms with E-state index in [-0.39, 0.29) is 103 Å². The molecule has 8 rings (SSSR count). The maximum atomic E-state index is 12.4. The summed E-state index contributed by atoms with van der Waals surface area (Å²) in [6.45, 7) is 3.00. The Hall–Kier alpha value is -3.76. The van der Waals surface area contributed by atoms with Crippen LogP contribution in [-0.4, -0.2) is 84.4 Å². The van der Waals surface area contributed by atoms with Gasteiger partial charge in [-0.1, -0.05) is 97.1 Å². The molecule has 59 heavy (non-hydrogen) atoms. The Morgan fingerprint density at radius 1 is 0.661 bits per heavy atom. The van der Waals surface area contributed by atoms with Gasteiger partial charge in [0.05, 0.1) is 11.8 Å². The quantitative estimate of drug-likeness (QED) is 0.0771. The van der Waals surface area contributed by atoms with Crippen LogP contribution in [0.3, 0.4) is 0 Å². The molecule has 0 radical (unpaired) electrons. The van der Waals surface area contributed by atoms with E-state index in [1.807, 2.05) is 48.5 Å². The molecule has 13 nitrogen and oxygen atoms in total. The maximum absolute atomic E-state index is 12.4. The van der Waals surface area contributed by atoms with Crippen LogP contribution in [0.4, 0.5) is 9.59 Å². The van der Waals surface area contributed by atoms with Crippen LogP contribution in [0.15, 0.2) is 97.1 Å². The van der Waals surface area contributed by atoms with E-state index in [2.05, 4.69) is 58.7 Å². The number of nitrogens with zero attached hydrogens (tertiary/aromatic N) is 1. The third kappa shape index (κ3) is 13.4. The molecule has 1 amide bonds. The first kappa shape index (κ1) is 49.6. The molecule has 2 heterocycles. The number of amides is 1. The topological polar surface area (TPSA) is 192 Å². The summed E-state index contributed by atoms with van der Waals surface area (Å²) in [6.07, 6.45) is 2.19. The van der Waals surface area contributed by atoms with E-state index in [0.717, 1.165) is 25.9 Å². The van der Waals surface area contributed by atoms with Crippen LogP contribution in [0, 0.1) is 11.8 Å². The van der Waals surface area contributed by atoms with E-state index in [9.17, 15) is 19.2 Å². The first-order valence-corrected chi connectivity index (χ1v) is 19.0. The minimum atomic E-state index is -0.780. The molecule has 2 saturated heterocycles. The van der Waals surface area contributed by atoms with Crippen molar-refractivity contribution in [3.8, 4) is 22.3 Å². The first-order valence-electron chi connectivity index (χ1n) is 18.6. The Labute approximate surface area is 393 Å². The predicted octanol–water partition coefficient (Wildman–Crippen LogP) is 0.532. The fraction of sp³-hybridized carbons (Fsp3) is 0.326. The van der Waals surface area contributed by atoms with E-state index in [1.54, 1.807) is 4.90 Å². The number of ether oxygens (including phenoxy) is 2. The van der Waals surface area contributed by atoms with Crippen molar-refractivity contribution in [3.63, 3.8) is 0 Å². The van der Waals surface area contributed by atoms with Gasteiger partial charge in [0.2, 0.25) is 0 Å². The minimum absolute atomic E-state index is 0. The molecular weight excluding hydrogens is 802 g/mol. The van der Waals surface area contributed by atoms with Gasteiger partial charge in [0, 0.05) is 36.5 Å². The zero-order valence-electron chi connectivity index (χ0n) is 34.1. The molecule has 3 N–H and O–H groups in total. The Kier molecular flexibility index (Phi) is 21.1. The number of carbonyl (C=O) groups excluding carboxylic acids is 3. The van der Waals surface area contributed by atoms with Gasteiger partial charge >= 0.3 is 82.6 Å². The van der Waals surface area contributed by atoms with Gasteiger partial charge in [0.1, 0.15) is 13.2 Å². The number of hydrogen-bond acceptors (Lipinski definition) is 10. The fourth-order valence-corrected chi connectivity index (χ4v) is 7.71. The average Bonchev–Trinajstić information content (AvgIpc) is 3.75. The zero-order chi connectivity index (χ0) is 40.7. The number of carbonyl (C=O) groups is 5. The van der Waals surface area contributed by atoms with Crippen molar-refractivity contribution in [1.29, 1.82) is 0 Å². The van der Waals surface area contributed by atoms with Crippen molar-refractivity contribution in [2.75, 3.05) is 39.4 Å². The monoisotopic (exact) mass is 846 g/mol. The molecule has 302 valence electrons. The summed E-state index contributed by atoms with van der Waals surface area (Å²) < 4.78 is 10.6. The normalized spacial score (nSPS) is 15.1. The molecule has 4 aromatic rings. The standard InChI is InChI=1S/C21H21NO4.C15H11ClO2.C6H11NO2.CH2O3.2Na.H/c23-20(24)14-9-11-22(12-10-14)21(25)26-13-19-17-7-3-1-5-15(17)16-6-2-4-8-18(16)19;16-15(17)18-9-14-12-7-3-1-5-10(12)11-6-2-4-8-13(11)14;8-6(9)5-1-3-7-4-2-5;2-1-4-3;;;/h1-8,14,19H,9-13H2,(H,23,24);1-8,14H,9H2;5,7H,1-4H2,(H,8,9);1,3H;;;/q;;;;2*+1;-1/p-1. The fourth-order valence-electron chi connectivity index (χ4n) is 7.65. The van der Waals surface area contributed by atoms with E-state index < -0.39 is 17.4 Å². The van der Waals surface area contributed by atoms with Gasteiger partial charge in [-0.25, -0.2) is 9.59 Å². The Balaban J connectivity index is 0.000000317. The van der Waals surface area contributed by atoms with Gasteiger partial charge in [-0.3, -0.25) is 14.4 Å². The summed E-state index contributed by atoms with van der Waals surface area (Å²) in [4.78, 5) is 57.4. The van der Waals surface area contributed by atoms with Crippen LogP contribution >= 0.6 is 11.6 Å². The number of fused-ring (bicyclic) bond motifs is 6. The second-order valence-corrected chi connectivity index (χ2v) is 14.0. The second-order valence-electron chi connectivity index (χ2n) is 13.7. The number of carboxylic acid groups (broad SMARTS) is 2. The van der Waals surface area contributed by atoms with Crippen molar-refractivity contribution >= 4 is 41.5 Å². The number of piperidine rings is 2. The Bertz CT molecular complexity index is 1940. The molecule has 0 bridgehead atoms. The van der Waals surface area contributed by atoms with Crippen molar-refractivity contribution in [1.82, 2.24) is 10.2 Å². The molecule has 4 aromatic carbocycles. The van der Waals surface area contributed by atoms with Crippen LogP contribution in [0.1, 0.15) is 61.2 Å². The summed E-state index contributed by atoms with van der Waals surface area (Å²) in [5.41, 5.74) is 8.83. The van der Waals surface area contributed by atoms with Crippen molar-refractivity contribution in [3.05, 3.63) is 119 Å². The summed E-state index contributed by atoms with van der Waals surface area (Å²) in [5.74, 6) is -1.74. The van der Waals surface area contributed by atoms with Crippen LogP contribution < -0.4 is 69.7 Å². The summed E-state index contributed by atoms with van der Waals surface area (Å²) >= 11 is 5.25. The smallest absolute Gasteiger partial charge is 1.00 e. The van der Waals surface area contributed by atoms with Crippen LogP contribution in [0.25, 0.3) is 22.3 Å². The second kappa shape index (κ2) is 25.1. The summed E-state index contributed by atoms with van der Waals surface area (Å²) in [7, 11) is 0. The summed E-state index contributed by atoms with van der Waals surface area (Å²) in [6, 6.07) is 32.8.